The summed E-state index contributed by atoms with van der Waals surface area (Å²) in [7, 11) is 0. The second-order valence-corrected chi connectivity index (χ2v) is 16.8. The maximum atomic E-state index is 2.66. The molecule has 0 nitrogen and oxygen atoms in total. The summed E-state index contributed by atoms with van der Waals surface area (Å²) >= 11 is -1.40. The summed E-state index contributed by atoms with van der Waals surface area (Å²) in [5.41, 5.74) is 1.80. The first-order valence-corrected chi connectivity index (χ1v) is 12.9. The summed E-state index contributed by atoms with van der Waals surface area (Å²) in [6.07, 6.45) is 9.87. The molecular formula is C14H28Ge. The first-order valence-electron chi connectivity index (χ1n) is 6.94. The van der Waals surface area contributed by atoms with Crippen LogP contribution in [0.5, 0.6) is 0 Å². The monoisotopic (exact) mass is 270 g/mol. The molecule has 0 radical (unpaired) electrons. The fourth-order valence-electron chi connectivity index (χ4n) is 2.75. The third-order valence-corrected chi connectivity index (χ3v) is 16.3. The van der Waals surface area contributed by atoms with Crippen LogP contribution in [0.1, 0.15) is 52.9 Å². The number of rotatable bonds is 5. The molecule has 0 unspecified atom stereocenters. The normalized spacial score (nSPS) is 17.9. The first-order chi connectivity index (χ1) is 7.26. The Morgan fingerprint density at radius 2 is 1.47 bits per heavy atom. The molecule has 88 valence electrons. The number of hydrogen-bond donors (Lipinski definition) is 0. The van der Waals surface area contributed by atoms with E-state index in [1.165, 1.54) is 53.1 Å². The SMILES string of the molecule is C[CH2][Ge]([CH2]C)([CH2]C)[CH2]C=C1CCCCC1. The molecule has 1 fully saturated rings. The van der Waals surface area contributed by atoms with Gasteiger partial charge in [-0.05, 0) is 0 Å². The van der Waals surface area contributed by atoms with Crippen LogP contribution in [-0.2, 0) is 0 Å². The topological polar surface area (TPSA) is 0 Å². The van der Waals surface area contributed by atoms with Gasteiger partial charge < -0.3 is 0 Å². The van der Waals surface area contributed by atoms with Gasteiger partial charge in [0, 0.05) is 0 Å². The molecule has 1 aliphatic rings. The zero-order chi connectivity index (χ0) is 11.1. The average Bonchev–Trinajstić information content (AvgIpc) is 2.33. The molecule has 0 bridgehead atoms. The summed E-state index contributed by atoms with van der Waals surface area (Å²) in [6.45, 7) is 7.31. The zero-order valence-electron chi connectivity index (χ0n) is 10.9. The van der Waals surface area contributed by atoms with E-state index < -0.39 is 13.3 Å². The maximum absolute atomic E-state index is 2.66. The predicted octanol–water partition coefficient (Wildman–Crippen LogP) is 5.39. The van der Waals surface area contributed by atoms with Gasteiger partial charge in [0.05, 0.1) is 0 Å². The van der Waals surface area contributed by atoms with Crippen LogP contribution in [0.15, 0.2) is 11.6 Å². The molecule has 0 heterocycles. The molecule has 0 spiro atoms. The van der Waals surface area contributed by atoms with E-state index in [1.54, 1.807) is 5.57 Å². The molecule has 1 aliphatic carbocycles. The quantitative estimate of drug-likeness (QED) is 0.464. The van der Waals surface area contributed by atoms with Gasteiger partial charge in [-0.25, -0.2) is 0 Å². The number of allylic oxidation sites excluding steroid dienone is 2. The molecule has 0 aromatic carbocycles. The van der Waals surface area contributed by atoms with Crippen LogP contribution in [0.4, 0.5) is 0 Å². The Balaban J connectivity index is 2.50. The van der Waals surface area contributed by atoms with Crippen molar-refractivity contribution in [1.82, 2.24) is 0 Å². The van der Waals surface area contributed by atoms with Gasteiger partial charge in [-0.2, -0.15) is 0 Å². The van der Waals surface area contributed by atoms with Crippen LogP contribution in [-0.4, -0.2) is 13.3 Å². The number of hydrogen-bond acceptors (Lipinski definition) is 0. The molecule has 0 amide bonds. The Bertz CT molecular complexity index is 185. The molecule has 0 N–H and O–H groups in total. The van der Waals surface area contributed by atoms with Gasteiger partial charge in [0.2, 0.25) is 0 Å². The first kappa shape index (κ1) is 13.3. The van der Waals surface area contributed by atoms with Crippen LogP contribution >= 0.6 is 0 Å². The Labute approximate surface area is 98.9 Å². The Kier molecular flexibility index (Phi) is 6.03. The molecular weight excluding hydrogens is 241 g/mol. The van der Waals surface area contributed by atoms with Crippen molar-refractivity contribution in [3.63, 3.8) is 0 Å². The van der Waals surface area contributed by atoms with Crippen molar-refractivity contribution in [2.24, 2.45) is 0 Å². The Morgan fingerprint density at radius 1 is 0.933 bits per heavy atom. The van der Waals surface area contributed by atoms with Gasteiger partial charge in [0.1, 0.15) is 0 Å². The predicted molar refractivity (Wildman–Crippen MR) is 73.2 cm³/mol. The van der Waals surface area contributed by atoms with E-state index in [2.05, 4.69) is 26.8 Å². The second kappa shape index (κ2) is 6.78. The molecule has 1 saturated carbocycles. The van der Waals surface area contributed by atoms with E-state index >= 15 is 0 Å². The zero-order valence-corrected chi connectivity index (χ0v) is 13.0. The molecule has 15 heavy (non-hydrogen) atoms. The molecule has 0 aromatic heterocycles. The van der Waals surface area contributed by atoms with Crippen molar-refractivity contribution in [2.75, 3.05) is 0 Å². The van der Waals surface area contributed by atoms with E-state index in [0.29, 0.717) is 0 Å². The summed E-state index contributed by atoms with van der Waals surface area (Å²) in [5.74, 6) is 0. The van der Waals surface area contributed by atoms with E-state index in [1.807, 2.05) is 0 Å². The third-order valence-electron chi connectivity index (χ3n) is 4.57. The second-order valence-electron chi connectivity index (χ2n) is 5.19. The molecule has 0 atom stereocenters. The van der Waals surface area contributed by atoms with E-state index in [4.69, 9.17) is 0 Å². The van der Waals surface area contributed by atoms with Crippen LogP contribution < -0.4 is 0 Å². The van der Waals surface area contributed by atoms with E-state index in [-0.39, 0.29) is 0 Å². The fraction of sp³-hybridized carbons (Fsp3) is 0.857. The minimum absolute atomic E-state index is 1.40. The molecule has 1 heteroatoms. The van der Waals surface area contributed by atoms with Crippen LogP contribution in [0.2, 0.25) is 21.0 Å². The van der Waals surface area contributed by atoms with Crippen molar-refractivity contribution in [2.45, 2.75) is 73.9 Å². The Hall–Kier alpha value is 0.283. The van der Waals surface area contributed by atoms with Gasteiger partial charge in [-0.15, -0.1) is 0 Å². The molecule has 0 aliphatic heterocycles. The van der Waals surface area contributed by atoms with Crippen molar-refractivity contribution in [3.8, 4) is 0 Å². The van der Waals surface area contributed by atoms with Crippen LogP contribution in [0.25, 0.3) is 0 Å². The van der Waals surface area contributed by atoms with Crippen molar-refractivity contribution < 1.29 is 0 Å². The third kappa shape index (κ3) is 3.98. The fourth-order valence-corrected chi connectivity index (χ4v) is 9.23. The van der Waals surface area contributed by atoms with Crippen LogP contribution in [0.3, 0.4) is 0 Å². The molecule has 0 aromatic rings. The average molecular weight is 269 g/mol. The summed E-state index contributed by atoms with van der Waals surface area (Å²) in [5, 5.41) is 6.09. The van der Waals surface area contributed by atoms with Crippen molar-refractivity contribution in [3.05, 3.63) is 11.6 Å². The van der Waals surface area contributed by atoms with Gasteiger partial charge in [0.25, 0.3) is 0 Å². The molecule has 0 saturated heterocycles. The van der Waals surface area contributed by atoms with Crippen molar-refractivity contribution >= 4 is 13.3 Å². The van der Waals surface area contributed by atoms with E-state index in [9.17, 15) is 0 Å². The summed E-state index contributed by atoms with van der Waals surface area (Å²) < 4.78 is 0. The van der Waals surface area contributed by atoms with Gasteiger partial charge in [-0.3, -0.25) is 0 Å². The van der Waals surface area contributed by atoms with Crippen LogP contribution in [0, 0.1) is 0 Å². The minimum atomic E-state index is -1.40. The Morgan fingerprint density at radius 3 is 1.93 bits per heavy atom. The summed E-state index contributed by atoms with van der Waals surface area (Å²) in [6, 6.07) is 0. The standard InChI is InChI=1S/C14H28Ge/c1-4-15(5-2,6-3)13-12-14-10-8-7-9-11-14/h12H,4-11,13H2,1-3H3. The summed E-state index contributed by atoms with van der Waals surface area (Å²) in [4.78, 5) is 0. The molecule has 1 rings (SSSR count). The van der Waals surface area contributed by atoms with Crippen molar-refractivity contribution in [1.29, 1.82) is 0 Å². The van der Waals surface area contributed by atoms with Gasteiger partial charge in [0.15, 0.2) is 0 Å². The van der Waals surface area contributed by atoms with Gasteiger partial charge in [-0.1, -0.05) is 0 Å². The van der Waals surface area contributed by atoms with Gasteiger partial charge >= 0.3 is 98.8 Å². The van der Waals surface area contributed by atoms with E-state index in [0.717, 1.165) is 0 Å².